The minimum Gasteiger partial charge on any atom is -0.478 e. The van der Waals surface area contributed by atoms with E-state index in [-0.39, 0.29) is 11.9 Å². The molecular formula is C13H17NO4. The van der Waals surface area contributed by atoms with Crippen molar-refractivity contribution in [3.63, 3.8) is 0 Å². The number of aliphatic imine (C=N–C) groups is 1. The molecule has 1 rings (SSSR count). The SMILES string of the molecule is CC(CC=CC=CC(=O)O)C1=NC(C)(C)C(=O)O1. The van der Waals surface area contributed by atoms with Gasteiger partial charge < -0.3 is 9.84 Å². The number of rotatable bonds is 5. The average Bonchev–Trinajstić information content (AvgIpc) is 2.52. The van der Waals surface area contributed by atoms with Gasteiger partial charge >= 0.3 is 11.9 Å². The van der Waals surface area contributed by atoms with Gasteiger partial charge in [-0.2, -0.15) is 0 Å². The largest absolute Gasteiger partial charge is 0.478 e. The molecule has 98 valence electrons. The number of hydrogen-bond donors (Lipinski definition) is 1. The third-order valence-electron chi connectivity index (χ3n) is 2.48. The first-order chi connectivity index (χ1) is 8.33. The zero-order valence-electron chi connectivity index (χ0n) is 10.7. The number of carboxylic acid groups (broad SMARTS) is 1. The normalized spacial score (nSPS) is 20.2. The highest BCUT2D eigenvalue weighted by Gasteiger charge is 2.38. The van der Waals surface area contributed by atoms with Crippen molar-refractivity contribution in [1.82, 2.24) is 0 Å². The van der Waals surface area contributed by atoms with Gasteiger partial charge in [0.15, 0.2) is 11.4 Å². The lowest BCUT2D eigenvalue weighted by molar-refractivity contribution is -0.138. The number of allylic oxidation sites excluding steroid dienone is 3. The molecular weight excluding hydrogens is 234 g/mol. The molecule has 1 N–H and O–H groups in total. The van der Waals surface area contributed by atoms with Crippen molar-refractivity contribution in [1.29, 1.82) is 0 Å². The van der Waals surface area contributed by atoms with Crippen LogP contribution in [0, 0.1) is 5.92 Å². The standard InChI is InChI=1S/C13H17NO4/c1-9(7-5-4-6-8-10(15)16)11-14-13(2,3)12(17)18-11/h4-6,8-9H,7H2,1-3H3,(H,15,16). The van der Waals surface area contributed by atoms with Gasteiger partial charge in [0.05, 0.1) is 0 Å². The summed E-state index contributed by atoms with van der Waals surface area (Å²) < 4.78 is 5.10. The highest BCUT2D eigenvalue weighted by Crippen LogP contribution is 2.23. The van der Waals surface area contributed by atoms with Gasteiger partial charge in [0.1, 0.15) is 0 Å². The van der Waals surface area contributed by atoms with Crippen molar-refractivity contribution in [2.24, 2.45) is 10.9 Å². The zero-order chi connectivity index (χ0) is 13.8. The Morgan fingerprint density at radius 2 is 2.17 bits per heavy atom. The van der Waals surface area contributed by atoms with E-state index in [1.807, 2.05) is 13.0 Å². The van der Waals surface area contributed by atoms with E-state index in [0.717, 1.165) is 6.08 Å². The van der Waals surface area contributed by atoms with Crippen LogP contribution in [0.3, 0.4) is 0 Å². The number of carbonyl (C=O) groups excluding carboxylic acids is 1. The number of esters is 1. The molecule has 0 fully saturated rings. The fourth-order valence-electron chi connectivity index (χ4n) is 1.37. The lowest BCUT2D eigenvalue weighted by Crippen LogP contribution is -2.25. The maximum atomic E-state index is 11.4. The summed E-state index contributed by atoms with van der Waals surface area (Å²) in [6, 6.07) is 0. The van der Waals surface area contributed by atoms with Crippen LogP contribution in [-0.2, 0) is 14.3 Å². The molecule has 0 aromatic carbocycles. The van der Waals surface area contributed by atoms with E-state index in [1.54, 1.807) is 19.9 Å². The van der Waals surface area contributed by atoms with E-state index < -0.39 is 11.5 Å². The minimum absolute atomic E-state index is 0.00907. The molecule has 0 bridgehead atoms. The van der Waals surface area contributed by atoms with Crippen molar-refractivity contribution < 1.29 is 19.4 Å². The van der Waals surface area contributed by atoms with E-state index >= 15 is 0 Å². The maximum Gasteiger partial charge on any atom is 0.340 e. The highest BCUT2D eigenvalue weighted by molar-refractivity contribution is 6.00. The molecule has 1 unspecified atom stereocenters. The summed E-state index contributed by atoms with van der Waals surface area (Å²) in [7, 11) is 0. The second-order valence-electron chi connectivity index (χ2n) is 4.66. The average molecular weight is 251 g/mol. The molecule has 0 saturated carbocycles. The maximum absolute atomic E-state index is 11.4. The van der Waals surface area contributed by atoms with Gasteiger partial charge in [0, 0.05) is 12.0 Å². The van der Waals surface area contributed by atoms with Crippen LogP contribution in [0.25, 0.3) is 0 Å². The summed E-state index contributed by atoms with van der Waals surface area (Å²) in [5.74, 6) is -0.885. The quantitative estimate of drug-likeness (QED) is 0.460. The first-order valence-corrected chi connectivity index (χ1v) is 5.71. The van der Waals surface area contributed by atoms with Crippen LogP contribution < -0.4 is 0 Å². The lowest BCUT2D eigenvalue weighted by Gasteiger charge is -2.06. The smallest absolute Gasteiger partial charge is 0.340 e. The summed E-state index contributed by atoms with van der Waals surface area (Å²) >= 11 is 0. The second-order valence-corrected chi connectivity index (χ2v) is 4.66. The van der Waals surface area contributed by atoms with Crippen molar-refractivity contribution in [2.75, 3.05) is 0 Å². The van der Waals surface area contributed by atoms with Gasteiger partial charge in [-0.1, -0.05) is 25.2 Å². The number of cyclic esters (lactones) is 1. The number of carbonyl (C=O) groups is 2. The molecule has 1 aliphatic heterocycles. The molecule has 0 aromatic rings. The summed E-state index contributed by atoms with van der Waals surface area (Å²) in [5.41, 5.74) is -0.795. The van der Waals surface area contributed by atoms with Crippen LogP contribution >= 0.6 is 0 Å². The van der Waals surface area contributed by atoms with Crippen LogP contribution in [0.15, 0.2) is 29.3 Å². The molecule has 18 heavy (non-hydrogen) atoms. The summed E-state index contributed by atoms with van der Waals surface area (Å²) in [6.07, 6.45) is 6.59. The van der Waals surface area contributed by atoms with Crippen LogP contribution in [0.1, 0.15) is 27.2 Å². The molecule has 1 atom stereocenters. The van der Waals surface area contributed by atoms with Crippen molar-refractivity contribution in [3.05, 3.63) is 24.3 Å². The molecule has 0 saturated heterocycles. The summed E-state index contributed by atoms with van der Waals surface area (Å²) in [5, 5.41) is 8.38. The van der Waals surface area contributed by atoms with Gasteiger partial charge in [-0.15, -0.1) is 0 Å². The molecule has 0 aliphatic carbocycles. The number of ether oxygens (including phenoxy) is 1. The fraction of sp³-hybridized carbons (Fsp3) is 0.462. The summed E-state index contributed by atoms with van der Waals surface area (Å²) in [4.78, 5) is 25.9. The number of hydrogen-bond acceptors (Lipinski definition) is 4. The molecule has 0 radical (unpaired) electrons. The van der Waals surface area contributed by atoms with Gasteiger partial charge in [0.25, 0.3) is 0 Å². The van der Waals surface area contributed by atoms with Crippen molar-refractivity contribution >= 4 is 17.8 Å². The third kappa shape index (κ3) is 3.84. The predicted octanol–water partition coefficient (Wildman–Crippen LogP) is 1.94. The van der Waals surface area contributed by atoms with Gasteiger partial charge in [-0.3, -0.25) is 0 Å². The Hall–Kier alpha value is -1.91. The van der Waals surface area contributed by atoms with E-state index in [4.69, 9.17) is 9.84 Å². The topological polar surface area (TPSA) is 76.0 Å². The Balaban J connectivity index is 2.50. The number of carboxylic acids is 1. The molecule has 1 heterocycles. The van der Waals surface area contributed by atoms with Crippen LogP contribution in [0.4, 0.5) is 0 Å². The second kappa shape index (κ2) is 5.62. The Bertz CT molecular complexity index is 432. The van der Waals surface area contributed by atoms with E-state index in [9.17, 15) is 9.59 Å². The molecule has 0 spiro atoms. The van der Waals surface area contributed by atoms with Crippen molar-refractivity contribution in [3.8, 4) is 0 Å². The first kappa shape index (κ1) is 14.2. The van der Waals surface area contributed by atoms with Gasteiger partial charge in [0.2, 0.25) is 0 Å². The molecule has 5 nitrogen and oxygen atoms in total. The van der Waals surface area contributed by atoms with E-state index in [2.05, 4.69) is 4.99 Å². The number of nitrogens with zero attached hydrogens (tertiary/aromatic N) is 1. The highest BCUT2D eigenvalue weighted by atomic mass is 16.6. The molecule has 5 heteroatoms. The monoisotopic (exact) mass is 251 g/mol. The van der Waals surface area contributed by atoms with Crippen LogP contribution in [0.5, 0.6) is 0 Å². The lowest BCUT2D eigenvalue weighted by atomic mass is 10.1. The van der Waals surface area contributed by atoms with Gasteiger partial charge in [-0.25, -0.2) is 14.6 Å². The predicted molar refractivity (Wildman–Crippen MR) is 67.3 cm³/mol. The Morgan fingerprint density at radius 1 is 1.50 bits per heavy atom. The Morgan fingerprint density at radius 3 is 2.67 bits per heavy atom. The third-order valence-corrected chi connectivity index (χ3v) is 2.48. The first-order valence-electron chi connectivity index (χ1n) is 5.71. The Labute approximate surface area is 106 Å². The fourth-order valence-corrected chi connectivity index (χ4v) is 1.37. The zero-order valence-corrected chi connectivity index (χ0v) is 10.7. The molecule has 1 aliphatic rings. The molecule has 0 aromatic heterocycles. The van der Waals surface area contributed by atoms with Crippen LogP contribution in [0.2, 0.25) is 0 Å². The van der Waals surface area contributed by atoms with E-state index in [1.165, 1.54) is 6.08 Å². The van der Waals surface area contributed by atoms with Gasteiger partial charge in [-0.05, 0) is 20.3 Å². The Kier molecular flexibility index (Phi) is 4.42. The minimum atomic E-state index is -0.983. The van der Waals surface area contributed by atoms with Crippen LogP contribution in [-0.4, -0.2) is 28.5 Å². The van der Waals surface area contributed by atoms with E-state index in [0.29, 0.717) is 12.3 Å². The van der Waals surface area contributed by atoms with Crippen molar-refractivity contribution in [2.45, 2.75) is 32.7 Å². The molecule has 0 amide bonds. The number of aliphatic carboxylic acids is 1. The summed E-state index contributed by atoms with van der Waals surface area (Å²) in [6.45, 7) is 5.32.